The van der Waals surface area contributed by atoms with Gasteiger partial charge in [-0.2, -0.15) is 0 Å². The van der Waals surface area contributed by atoms with Crippen LogP contribution in [-0.2, 0) is 4.79 Å². The van der Waals surface area contributed by atoms with Crippen LogP contribution in [0.5, 0.6) is 0 Å². The monoisotopic (exact) mass is 275 g/mol. The molecule has 2 N–H and O–H groups in total. The average Bonchev–Trinajstić information content (AvgIpc) is 2.46. The van der Waals surface area contributed by atoms with Crippen molar-refractivity contribution in [1.82, 2.24) is 0 Å². The van der Waals surface area contributed by atoms with E-state index in [1.807, 2.05) is 6.08 Å². The molecule has 0 saturated heterocycles. The van der Waals surface area contributed by atoms with Crippen molar-refractivity contribution in [1.29, 1.82) is 0 Å². The van der Waals surface area contributed by atoms with E-state index < -0.39 is 5.97 Å². The number of hydrogen-bond acceptors (Lipinski definition) is 2. The minimum Gasteiger partial charge on any atom is -0.481 e. The Labute approximate surface area is 121 Å². The Morgan fingerprint density at radius 2 is 1.65 bits per heavy atom. The molecule has 3 heteroatoms. The van der Waals surface area contributed by atoms with E-state index in [1.54, 1.807) is 0 Å². The van der Waals surface area contributed by atoms with Gasteiger partial charge in [0.1, 0.15) is 0 Å². The van der Waals surface area contributed by atoms with Crippen LogP contribution in [0.15, 0.2) is 30.8 Å². The molecule has 0 spiro atoms. The zero-order chi connectivity index (χ0) is 14.6. The van der Waals surface area contributed by atoms with Gasteiger partial charge in [-0.15, -0.1) is 0 Å². The number of anilines is 1. The van der Waals surface area contributed by atoms with E-state index in [0.29, 0.717) is 6.42 Å². The van der Waals surface area contributed by atoms with E-state index in [9.17, 15) is 4.79 Å². The predicted octanol–water partition coefficient (Wildman–Crippen LogP) is 4.56. The number of aliphatic carboxylic acids is 1. The molecule has 3 nitrogen and oxygen atoms in total. The Hall–Kier alpha value is -1.77. The molecule has 0 radical (unpaired) electrons. The Morgan fingerprint density at radius 1 is 1.05 bits per heavy atom. The fourth-order valence-corrected chi connectivity index (χ4v) is 2.08. The van der Waals surface area contributed by atoms with Crippen molar-refractivity contribution in [3.05, 3.63) is 36.4 Å². The summed E-state index contributed by atoms with van der Waals surface area (Å²) in [6.07, 6.45) is 8.67. The first-order valence-electron chi connectivity index (χ1n) is 7.40. The Kier molecular flexibility index (Phi) is 8.20. The van der Waals surface area contributed by atoms with Gasteiger partial charge >= 0.3 is 5.97 Å². The highest BCUT2D eigenvalue weighted by Gasteiger charge is 1.97. The van der Waals surface area contributed by atoms with Gasteiger partial charge < -0.3 is 10.4 Å². The highest BCUT2D eigenvalue weighted by molar-refractivity contribution is 5.66. The molecule has 0 bridgehead atoms. The van der Waals surface area contributed by atoms with Gasteiger partial charge in [0.2, 0.25) is 0 Å². The molecule has 110 valence electrons. The van der Waals surface area contributed by atoms with Gasteiger partial charge in [-0.1, -0.05) is 50.5 Å². The molecule has 20 heavy (non-hydrogen) atoms. The Bertz CT molecular complexity index is 398. The van der Waals surface area contributed by atoms with E-state index in [4.69, 9.17) is 5.11 Å². The lowest BCUT2D eigenvalue weighted by atomic mass is 10.1. The van der Waals surface area contributed by atoms with Gasteiger partial charge in [-0.05, 0) is 30.5 Å². The molecule has 1 rings (SSSR count). The average molecular weight is 275 g/mol. The minimum atomic E-state index is -0.684. The van der Waals surface area contributed by atoms with Crippen molar-refractivity contribution in [2.45, 2.75) is 44.9 Å². The van der Waals surface area contributed by atoms with Gasteiger partial charge in [-0.3, -0.25) is 4.79 Å². The summed E-state index contributed by atoms with van der Waals surface area (Å²) in [6, 6.07) is 8.25. The number of benzene rings is 1. The van der Waals surface area contributed by atoms with Crippen molar-refractivity contribution in [2.75, 3.05) is 11.9 Å². The maximum atomic E-state index is 10.3. The molecule has 0 unspecified atom stereocenters. The number of carbonyl (C=O) groups is 1. The molecule has 0 heterocycles. The van der Waals surface area contributed by atoms with E-state index in [2.05, 4.69) is 36.2 Å². The molecule has 0 aliphatic carbocycles. The van der Waals surface area contributed by atoms with Crippen LogP contribution >= 0.6 is 0 Å². The third-order valence-electron chi connectivity index (χ3n) is 3.29. The van der Waals surface area contributed by atoms with E-state index in [-0.39, 0.29) is 0 Å². The lowest BCUT2D eigenvalue weighted by Crippen LogP contribution is -2.01. The van der Waals surface area contributed by atoms with Crippen LogP contribution in [0.25, 0.3) is 6.08 Å². The smallest absolute Gasteiger partial charge is 0.303 e. The van der Waals surface area contributed by atoms with E-state index >= 15 is 0 Å². The Morgan fingerprint density at radius 3 is 2.25 bits per heavy atom. The maximum Gasteiger partial charge on any atom is 0.303 e. The summed E-state index contributed by atoms with van der Waals surface area (Å²) >= 11 is 0. The van der Waals surface area contributed by atoms with Crippen molar-refractivity contribution in [3.8, 4) is 0 Å². The van der Waals surface area contributed by atoms with Crippen molar-refractivity contribution in [2.24, 2.45) is 0 Å². The normalized spacial score (nSPS) is 10.2. The number of carboxylic acid groups (broad SMARTS) is 1. The molecule has 0 fully saturated rings. The molecule has 1 aromatic carbocycles. The van der Waals surface area contributed by atoms with Crippen LogP contribution in [0.3, 0.4) is 0 Å². The molecule has 0 amide bonds. The van der Waals surface area contributed by atoms with Gasteiger partial charge in [0.25, 0.3) is 0 Å². The summed E-state index contributed by atoms with van der Waals surface area (Å²) in [5.74, 6) is -0.684. The molecular weight excluding hydrogens is 250 g/mol. The first-order valence-corrected chi connectivity index (χ1v) is 7.40. The van der Waals surface area contributed by atoms with Gasteiger partial charge in [0.05, 0.1) is 0 Å². The van der Waals surface area contributed by atoms with Crippen LogP contribution < -0.4 is 5.32 Å². The quantitative estimate of drug-likeness (QED) is 0.582. The maximum absolute atomic E-state index is 10.3. The standard InChI is InChI=1S/C17H25NO2/c1-2-15-10-12-16(13-11-15)18-14-8-6-4-3-5-7-9-17(19)20/h2,10-13,18H,1,3-9,14H2,(H,19,20). The number of rotatable bonds is 11. The Balaban J connectivity index is 1.96. The van der Waals surface area contributed by atoms with Gasteiger partial charge in [-0.25, -0.2) is 0 Å². The highest BCUT2D eigenvalue weighted by Crippen LogP contribution is 2.11. The zero-order valence-electron chi connectivity index (χ0n) is 12.1. The fourth-order valence-electron chi connectivity index (χ4n) is 2.08. The molecular formula is C17H25NO2. The first-order chi connectivity index (χ1) is 9.72. The predicted molar refractivity (Wildman–Crippen MR) is 85.0 cm³/mol. The second-order valence-electron chi connectivity index (χ2n) is 5.02. The molecule has 0 saturated carbocycles. The molecule has 0 aliphatic heterocycles. The van der Waals surface area contributed by atoms with Crippen LogP contribution in [0.4, 0.5) is 5.69 Å². The summed E-state index contributed by atoms with van der Waals surface area (Å²) in [6.45, 7) is 4.72. The van der Waals surface area contributed by atoms with E-state index in [0.717, 1.165) is 43.5 Å². The summed E-state index contributed by atoms with van der Waals surface area (Å²) in [4.78, 5) is 10.3. The van der Waals surface area contributed by atoms with Crippen LogP contribution in [0, 0.1) is 0 Å². The molecule has 1 aromatic rings. The summed E-state index contributed by atoms with van der Waals surface area (Å²) in [7, 11) is 0. The first kappa shape index (κ1) is 16.3. The molecule has 0 aromatic heterocycles. The number of carboxylic acids is 1. The van der Waals surface area contributed by atoms with Crippen LogP contribution in [0.1, 0.15) is 50.5 Å². The fraction of sp³-hybridized carbons (Fsp3) is 0.471. The number of hydrogen-bond donors (Lipinski definition) is 2. The minimum absolute atomic E-state index is 0.308. The third kappa shape index (κ3) is 7.62. The van der Waals surface area contributed by atoms with Gasteiger partial charge in [0.15, 0.2) is 0 Å². The van der Waals surface area contributed by atoms with Crippen molar-refractivity contribution >= 4 is 17.7 Å². The molecule has 0 aliphatic rings. The van der Waals surface area contributed by atoms with Gasteiger partial charge in [0, 0.05) is 18.7 Å². The SMILES string of the molecule is C=Cc1ccc(NCCCCCCCCC(=O)O)cc1. The number of unbranched alkanes of at least 4 members (excludes halogenated alkanes) is 5. The lowest BCUT2D eigenvalue weighted by molar-refractivity contribution is -0.137. The second-order valence-corrected chi connectivity index (χ2v) is 5.02. The largest absolute Gasteiger partial charge is 0.481 e. The summed E-state index contributed by atoms with van der Waals surface area (Å²) in [5, 5.41) is 11.9. The van der Waals surface area contributed by atoms with Crippen LogP contribution in [0.2, 0.25) is 0 Å². The number of nitrogens with one attached hydrogen (secondary N) is 1. The second kappa shape index (κ2) is 10.1. The lowest BCUT2D eigenvalue weighted by Gasteiger charge is -2.06. The van der Waals surface area contributed by atoms with E-state index in [1.165, 1.54) is 12.8 Å². The summed E-state index contributed by atoms with van der Waals surface area (Å²) < 4.78 is 0. The zero-order valence-corrected chi connectivity index (χ0v) is 12.1. The van der Waals surface area contributed by atoms with Crippen molar-refractivity contribution in [3.63, 3.8) is 0 Å². The van der Waals surface area contributed by atoms with Crippen molar-refractivity contribution < 1.29 is 9.90 Å². The summed E-state index contributed by atoms with van der Waals surface area (Å²) in [5.41, 5.74) is 2.29. The topological polar surface area (TPSA) is 49.3 Å². The molecule has 0 atom stereocenters. The third-order valence-corrected chi connectivity index (χ3v) is 3.29. The van der Waals surface area contributed by atoms with Crippen LogP contribution in [-0.4, -0.2) is 17.6 Å². The highest BCUT2D eigenvalue weighted by atomic mass is 16.4.